The quantitative estimate of drug-likeness (QED) is 0.747. The van der Waals surface area contributed by atoms with E-state index in [0.717, 1.165) is 18.5 Å². The lowest BCUT2D eigenvalue weighted by atomic mass is 9.99. The Morgan fingerprint density at radius 2 is 2.00 bits per heavy atom. The summed E-state index contributed by atoms with van der Waals surface area (Å²) in [6.07, 6.45) is 13.6. The summed E-state index contributed by atoms with van der Waals surface area (Å²) in [5.41, 5.74) is 3.38. The molecule has 7 nitrogen and oxygen atoms in total. The Bertz CT molecular complexity index is 966. The second kappa shape index (κ2) is 6.59. The first-order valence-corrected chi connectivity index (χ1v) is 9.21. The van der Waals surface area contributed by atoms with Crippen LogP contribution in [0.1, 0.15) is 31.5 Å². The number of benzene rings is 1. The van der Waals surface area contributed by atoms with Crippen LogP contribution in [0, 0.1) is 0 Å². The van der Waals surface area contributed by atoms with Crippen LogP contribution < -0.4 is 5.32 Å². The van der Waals surface area contributed by atoms with E-state index < -0.39 is 0 Å². The third kappa shape index (κ3) is 3.21. The summed E-state index contributed by atoms with van der Waals surface area (Å²) in [5.74, 6) is 0.767. The standard InChI is InChI=1S/C20H20N6O/c27-19-10-16(26-6-5-21-12-26)3-4-17(19)18-11-22-20(25-24-18)9-13-7-14-1-2-15(8-13)23-14/h3-6,9-12,14-15,23,27H,1-2,7-8H2/t14-,15?/m0/s1. The molecule has 2 aliphatic rings. The Labute approximate surface area is 156 Å². The maximum atomic E-state index is 10.4. The van der Waals surface area contributed by atoms with E-state index in [4.69, 9.17) is 0 Å². The number of nitrogens with one attached hydrogen (secondary N) is 1. The van der Waals surface area contributed by atoms with Gasteiger partial charge in [0.2, 0.25) is 0 Å². The van der Waals surface area contributed by atoms with Crippen molar-refractivity contribution < 1.29 is 5.11 Å². The number of phenols is 1. The lowest BCUT2D eigenvalue weighted by molar-refractivity contribution is 0.475. The van der Waals surface area contributed by atoms with Gasteiger partial charge in [-0.3, -0.25) is 0 Å². The van der Waals surface area contributed by atoms with E-state index in [1.54, 1.807) is 24.8 Å². The van der Waals surface area contributed by atoms with E-state index in [9.17, 15) is 5.11 Å². The van der Waals surface area contributed by atoms with Crippen LogP contribution in [0.5, 0.6) is 5.75 Å². The van der Waals surface area contributed by atoms with Crippen molar-refractivity contribution in [1.82, 2.24) is 30.0 Å². The monoisotopic (exact) mass is 360 g/mol. The Hall–Kier alpha value is -3.06. The zero-order valence-electron chi connectivity index (χ0n) is 14.8. The summed E-state index contributed by atoms with van der Waals surface area (Å²) in [7, 11) is 0. The minimum Gasteiger partial charge on any atom is -0.507 e. The van der Waals surface area contributed by atoms with Crippen LogP contribution in [0.25, 0.3) is 23.0 Å². The van der Waals surface area contributed by atoms with Crippen LogP contribution >= 0.6 is 0 Å². The molecule has 7 heteroatoms. The molecule has 0 saturated carbocycles. The predicted octanol–water partition coefficient (Wildman–Crippen LogP) is 2.73. The fourth-order valence-corrected chi connectivity index (χ4v) is 4.02. The van der Waals surface area contributed by atoms with Gasteiger partial charge in [0, 0.05) is 36.1 Å². The second-order valence-corrected chi connectivity index (χ2v) is 7.22. The average molecular weight is 360 g/mol. The minimum absolute atomic E-state index is 0.137. The molecule has 1 aromatic carbocycles. The number of hydrogen-bond donors (Lipinski definition) is 2. The molecule has 2 saturated heterocycles. The highest BCUT2D eigenvalue weighted by Gasteiger charge is 2.30. The molecule has 0 spiro atoms. The summed E-state index contributed by atoms with van der Waals surface area (Å²) < 4.78 is 1.83. The number of fused-ring (bicyclic) bond motifs is 2. The average Bonchev–Trinajstić information content (AvgIpc) is 3.32. The molecule has 2 fully saturated rings. The molecule has 5 rings (SSSR count). The van der Waals surface area contributed by atoms with Crippen LogP contribution in [0.2, 0.25) is 0 Å². The zero-order chi connectivity index (χ0) is 18.2. The van der Waals surface area contributed by atoms with Crippen molar-refractivity contribution in [3.05, 3.63) is 54.5 Å². The van der Waals surface area contributed by atoms with Crippen LogP contribution in [0.3, 0.4) is 0 Å². The van der Waals surface area contributed by atoms with Gasteiger partial charge < -0.3 is 15.0 Å². The SMILES string of the molecule is Oc1cc(-n2ccnc2)ccc1-c1cnc(C=C2CC3CC[C@@H](C2)N3)nn1. The van der Waals surface area contributed by atoms with Gasteiger partial charge >= 0.3 is 0 Å². The molecule has 1 unspecified atom stereocenters. The number of rotatable bonds is 3. The van der Waals surface area contributed by atoms with E-state index in [-0.39, 0.29) is 5.75 Å². The molecule has 2 bridgehead atoms. The summed E-state index contributed by atoms with van der Waals surface area (Å²) in [6.45, 7) is 0. The van der Waals surface area contributed by atoms with Gasteiger partial charge in [0.1, 0.15) is 11.4 Å². The Morgan fingerprint density at radius 3 is 2.67 bits per heavy atom. The molecule has 27 heavy (non-hydrogen) atoms. The first kappa shape index (κ1) is 16.1. The summed E-state index contributed by atoms with van der Waals surface area (Å²) in [4.78, 5) is 8.46. The first-order chi connectivity index (χ1) is 13.2. The number of nitrogens with zero attached hydrogens (tertiary/aromatic N) is 5. The summed E-state index contributed by atoms with van der Waals surface area (Å²) in [5, 5.41) is 22.5. The second-order valence-electron chi connectivity index (χ2n) is 7.22. The lowest BCUT2D eigenvalue weighted by Gasteiger charge is -2.23. The fraction of sp³-hybridized carbons (Fsp3) is 0.300. The van der Waals surface area contributed by atoms with Crippen LogP contribution in [-0.2, 0) is 0 Å². The molecule has 0 amide bonds. The third-order valence-corrected chi connectivity index (χ3v) is 5.32. The zero-order valence-corrected chi connectivity index (χ0v) is 14.8. The Balaban J connectivity index is 1.37. The Morgan fingerprint density at radius 1 is 1.15 bits per heavy atom. The first-order valence-electron chi connectivity index (χ1n) is 9.21. The van der Waals surface area contributed by atoms with Gasteiger partial charge in [0.05, 0.1) is 18.2 Å². The van der Waals surface area contributed by atoms with Crippen LogP contribution in [0.15, 0.2) is 48.7 Å². The van der Waals surface area contributed by atoms with Crippen LogP contribution in [-0.4, -0.2) is 41.9 Å². The maximum Gasteiger partial charge on any atom is 0.174 e. The smallest absolute Gasteiger partial charge is 0.174 e. The number of phenolic OH excluding ortho intramolecular Hbond substituents is 1. The molecule has 2 aliphatic heterocycles. The molecule has 2 aromatic heterocycles. The molecule has 2 N–H and O–H groups in total. The number of aromatic nitrogens is 5. The van der Waals surface area contributed by atoms with Crippen molar-refractivity contribution in [1.29, 1.82) is 0 Å². The number of hydrogen-bond acceptors (Lipinski definition) is 6. The lowest BCUT2D eigenvalue weighted by Crippen LogP contribution is -2.34. The predicted molar refractivity (Wildman–Crippen MR) is 101 cm³/mol. The largest absolute Gasteiger partial charge is 0.507 e. The summed E-state index contributed by atoms with van der Waals surface area (Å²) >= 11 is 0. The van der Waals surface area contributed by atoms with Crippen molar-refractivity contribution in [3.63, 3.8) is 0 Å². The van der Waals surface area contributed by atoms with Crippen molar-refractivity contribution in [2.75, 3.05) is 0 Å². The maximum absolute atomic E-state index is 10.4. The highest BCUT2D eigenvalue weighted by Crippen LogP contribution is 2.32. The van der Waals surface area contributed by atoms with Crippen molar-refractivity contribution in [2.45, 2.75) is 37.8 Å². The third-order valence-electron chi connectivity index (χ3n) is 5.32. The molecule has 2 atom stereocenters. The molecule has 136 valence electrons. The molecular weight excluding hydrogens is 340 g/mol. The Kier molecular flexibility index (Phi) is 3.94. The van der Waals surface area contributed by atoms with Crippen molar-refractivity contribution in [3.8, 4) is 22.7 Å². The van der Waals surface area contributed by atoms with Gasteiger partial charge in [-0.2, -0.15) is 0 Å². The van der Waals surface area contributed by atoms with Crippen molar-refractivity contribution in [2.24, 2.45) is 0 Å². The van der Waals surface area contributed by atoms with Gasteiger partial charge in [-0.25, -0.2) is 9.97 Å². The van der Waals surface area contributed by atoms with Gasteiger partial charge in [0.25, 0.3) is 0 Å². The molecule has 3 aromatic rings. The molecule has 4 heterocycles. The van der Waals surface area contributed by atoms with E-state index in [2.05, 4.69) is 31.6 Å². The minimum atomic E-state index is 0.137. The normalized spacial score (nSPS) is 23.0. The highest BCUT2D eigenvalue weighted by atomic mass is 16.3. The van der Waals surface area contributed by atoms with Gasteiger partial charge in [-0.1, -0.05) is 5.57 Å². The number of piperidine rings is 1. The molecular formula is C20H20N6O. The topological polar surface area (TPSA) is 88.8 Å². The highest BCUT2D eigenvalue weighted by molar-refractivity contribution is 5.68. The van der Waals surface area contributed by atoms with E-state index >= 15 is 0 Å². The van der Waals surface area contributed by atoms with E-state index in [1.165, 1.54) is 18.4 Å². The molecule has 0 radical (unpaired) electrons. The van der Waals surface area contributed by atoms with Gasteiger partial charge in [0.15, 0.2) is 5.82 Å². The van der Waals surface area contributed by atoms with Gasteiger partial charge in [-0.05, 0) is 43.9 Å². The number of aromatic hydroxyl groups is 1. The van der Waals surface area contributed by atoms with Crippen LogP contribution in [0.4, 0.5) is 0 Å². The van der Waals surface area contributed by atoms with E-state index in [1.807, 2.05) is 22.9 Å². The van der Waals surface area contributed by atoms with Crippen molar-refractivity contribution >= 4 is 6.08 Å². The van der Waals surface area contributed by atoms with Gasteiger partial charge in [-0.15, -0.1) is 10.2 Å². The number of imidazole rings is 1. The fourth-order valence-electron chi connectivity index (χ4n) is 4.02. The van der Waals surface area contributed by atoms with E-state index in [0.29, 0.717) is 29.2 Å². The summed E-state index contributed by atoms with van der Waals surface area (Å²) in [6, 6.07) is 6.61. The molecule has 0 aliphatic carbocycles.